The number of pyridine rings is 1. The molecule has 1 heterocycles. The Morgan fingerprint density at radius 2 is 1.90 bits per heavy atom. The van der Waals surface area contributed by atoms with Crippen molar-refractivity contribution in [1.29, 1.82) is 0 Å². The Morgan fingerprint density at radius 3 is 2.71 bits per heavy atom. The Bertz CT molecular complexity index is 807. The van der Waals surface area contributed by atoms with E-state index in [4.69, 9.17) is 27.9 Å². The summed E-state index contributed by atoms with van der Waals surface area (Å²) in [6.45, 7) is 0. The number of halogens is 3. The lowest BCUT2D eigenvalue weighted by Gasteiger charge is -2.11. The highest BCUT2D eigenvalue weighted by atomic mass is 79.9. The highest BCUT2D eigenvalue weighted by Gasteiger charge is 2.11. The zero-order valence-corrected chi connectivity index (χ0v) is 13.9. The molecule has 5 heteroatoms. The summed E-state index contributed by atoms with van der Waals surface area (Å²) >= 11 is 15.6. The molecule has 0 bridgehead atoms. The summed E-state index contributed by atoms with van der Waals surface area (Å²) in [4.78, 5) is 4.53. The van der Waals surface area contributed by atoms with E-state index in [1.807, 2.05) is 36.4 Å². The molecule has 0 N–H and O–H groups in total. The van der Waals surface area contributed by atoms with Crippen LogP contribution in [0, 0.1) is 0 Å². The van der Waals surface area contributed by atoms with Crippen molar-refractivity contribution in [3.63, 3.8) is 0 Å². The van der Waals surface area contributed by atoms with Gasteiger partial charge in [0.05, 0.1) is 16.4 Å². The Balaban J connectivity index is 2.08. The molecule has 0 aliphatic carbocycles. The molecule has 2 nitrogen and oxygen atoms in total. The van der Waals surface area contributed by atoms with Gasteiger partial charge in [-0.15, -0.1) is 11.6 Å². The first-order chi connectivity index (χ1) is 10.2. The van der Waals surface area contributed by atoms with Crippen LogP contribution in [0.4, 0.5) is 0 Å². The van der Waals surface area contributed by atoms with Gasteiger partial charge in [-0.05, 0) is 30.3 Å². The first kappa shape index (κ1) is 14.6. The van der Waals surface area contributed by atoms with Crippen LogP contribution in [0.2, 0.25) is 5.02 Å². The number of hydrogen-bond donors (Lipinski definition) is 0. The molecule has 0 atom stereocenters. The second-order valence-corrected chi connectivity index (χ2v) is 6.05. The lowest BCUT2D eigenvalue weighted by Crippen LogP contribution is -1.95. The number of hydrogen-bond acceptors (Lipinski definition) is 2. The van der Waals surface area contributed by atoms with E-state index in [1.165, 1.54) is 0 Å². The molecule has 0 amide bonds. The van der Waals surface area contributed by atoms with Crippen molar-refractivity contribution in [2.75, 3.05) is 0 Å². The molecule has 0 spiro atoms. The highest BCUT2D eigenvalue weighted by Crippen LogP contribution is 2.34. The minimum atomic E-state index is 0.318. The van der Waals surface area contributed by atoms with Crippen molar-refractivity contribution in [3.8, 4) is 11.6 Å². The van der Waals surface area contributed by atoms with Gasteiger partial charge in [-0.2, -0.15) is 0 Å². The van der Waals surface area contributed by atoms with Gasteiger partial charge in [0, 0.05) is 15.4 Å². The summed E-state index contributed by atoms with van der Waals surface area (Å²) < 4.78 is 6.75. The summed E-state index contributed by atoms with van der Waals surface area (Å²) in [6.07, 6.45) is 0. The van der Waals surface area contributed by atoms with E-state index >= 15 is 0 Å². The van der Waals surface area contributed by atoms with E-state index < -0.39 is 0 Å². The molecule has 21 heavy (non-hydrogen) atoms. The number of ether oxygens (including phenoxy) is 1. The summed E-state index contributed by atoms with van der Waals surface area (Å²) in [6, 6.07) is 15.2. The first-order valence-corrected chi connectivity index (χ1v) is 7.95. The zero-order chi connectivity index (χ0) is 14.8. The molecular formula is C16H10BrCl2NO. The van der Waals surface area contributed by atoms with Crippen molar-refractivity contribution < 1.29 is 4.74 Å². The van der Waals surface area contributed by atoms with Gasteiger partial charge in [-0.3, -0.25) is 0 Å². The van der Waals surface area contributed by atoms with E-state index in [2.05, 4.69) is 20.9 Å². The second kappa shape index (κ2) is 6.22. The highest BCUT2D eigenvalue weighted by molar-refractivity contribution is 9.10. The molecule has 0 saturated carbocycles. The molecule has 0 saturated heterocycles. The monoisotopic (exact) mass is 381 g/mol. The number of fused-ring (bicyclic) bond motifs is 1. The van der Waals surface area contributed by atoms with Crippen LogP contribution in [0.25, 0.3) is 10.9 Å². The predicted octanol–water partition coefficient (Wildman–Crippen LogP) is 6.18. The third-order valence-corrected chi connectivity index (χ3v) is 4.10. The van der Waals surface area contributed by atoms with Gasteiger partial charge in [-0.1, -0.05) is 45.7 Å². The Hall–Kier alpha value is -1.29. The number of aromatic nitrogens is 1. The van der Waals surface area contributed by atoms with Crippen LogP contribution < -0.4 is 4.74 Å². The number of benzene rings is 2. The third kappa shape index (κ3) is 3.15. The first-order valence-electron chi connectivity index (χ1n) is 6.25. The standard InChI is InChI=1S/C16H10BrCl2NO/c17-12-5-6-13(19)15(8-12)21-16-11(9-18)7-10-3-1-2-4-14(10)20-16/h1-8H,9H2. The van der Waals surface area contributed by atoms with Gasteiger partial charge in [-0.25, -0.2) is 4.98 Å². The summed E-state index contributed by atoms with van der Waals surface area (Å²) in [7, 11) is 0. The normalized spacial score (nSPS) is 10.8. The van der Waals surface area contributed by atoms with Crippen LogP contribution in [0.5, 0.6) is 11.6 Å². The van der Waals surface area contributed by atoms with Gasteiger partial charge >= 0.3 is 0 Å². The van der Waals surface area contributed by atoms with E-state index in [0.717, 1.165) is 20.9 Å². The molecule has 106 valence electrons. The lowest BCUT2D eigenvalue weighted by molar-refractivity contribution is 0.460. The number of nitrogens with zero attached hydrogens (tertiary/aromatic N) is 1. The van der Waals surface area contributed by atoms with E-state index in [-0.39, 0.29) is 0 Å². The van der Waals surface area contributed by atoms with Crippen molar-refractivity contribution in [2.45, 2.75) is 5.88 Å². The van der Waals surface area contributed by atoms with Gasteiger partial charge in [0.2, 0.25) is 5.88 Å². The molecule has 2 aromatic carbocycles. The third-order valence-electron chi connectivity index (χ3n) is 3.01. The molecule has 3 aromatic rings. The SMILES string of the molecule is ClCc1cc2ccccc2nc1Oc1cc(Br)ccc1Cl. The van der Waals surface area contributed by atoms with Crippen LogP contribution in [0.3, 0.4) is 0 Å². The lowest BCUT2D eigenvalue weighted by atomic mass is 10.2. The summed E-state index contributed by atoms with van der Waals surface area (Å²) in [5.74, 6) is 1.34. The van der Waals surface area contributed by atoms with Gasteiger partial charge in [0.1, 0.15) is 5.75 Å². The molecule has 0 aliphatic rings. The maximum absolute atomic E-state index is 6.15. The Morgan fingerprint density at radius 1 is 1.10 bits per heavy atom. The van der Waals surface area contributed by atoms with Gasteiger partial charge in [0.15, 0.2) is 0 Å². The smallest absolute Gasteiger partial charge is 0.224 e. The fourth-order valence-corrected chi connectivity index (χ4v) is 2.67. The topological polar surface area (TPSA) is 22.1 Å². The minimum Gasteiger partial charge on any atom is -0.437 e. The zero-order valence-electron chi connectivity index (χ0n) is 10.8. The summed E-state index contributed by atoms with van der Waals surface area (Å²) in [5, 5.41) is 1.55. The predicted molar refractivity (Wildman–Crippen MR) is 90.5 cm³/mol. The average molecular weight is 383 g/mol. The van der Waals surface area contributed by atoms with Crippen LogP contribution in [-0.2, 0) is 5.88 Å². The van der Waals surface area contributed by atoms with E-state index in [0.29, 0.717) is 22.5 Å². The molecule has 0 fully saturated rings. The molecule has 0 unspecified atom stereocenters. The molecule has 0 radical (unpaired) electrons. The van der Waals surface area contributed by atoms with Gasteiger partial charge in [0.25, 0.3) is 0 Å². The fourth-order valence-electron chi connectivity index (χ4n) is 1.99. The molecule has 1 aromatic heterocycles. The Kier molecular flexibility index (Phi) is 4.34. The van der Waals surface area contributed by atoms with Crippen molar-refractivity contribution in [2.24, 2.45) is 0 Å². The van der Waals surface area contributed by atoms with Crippen molar-refractivity contribution in [1.82, 2.24) is 4.98 Å². The number of alkyl halides is 1. The van der Waals surface area contributed by atoms with E-state index in [1.54, 1.807) is 12.1 Å². The second-order valence-electron chi connectivity index (χ2n) is 4.46. The van der Waals surface area contributed by atoms with Crippen LogP contribution in [0.1, 0.15) is 5.56 Å². The molecular weight excluding hydrogens is 373 g/mol. The average Bonchev–Trinajstić information content (AvgIpc) is 2.50. The Labute approximate surface area is 140 Å². The molecule has 0 aliphatic heterocycles. The largest absolute Gasteiger partial charge is 0.437 e. The van der Waals surface area contributed by atoms with Crippen LogP contribution in [-0.4, -0.2) is 4.98 Å². The van der Waals surface area contributed by atoms with Crippen molar-refractivity contribution >= 4 is 50.0 Å². The van der Waals surface area contributed by atoms with Crippen molar-refractivity contribution in [3.05, 3.63) is 63.6 Å². The van der Waals surface area contributed by atoms with Gasteiger partial charge < -0.3 is 4.74 Å². The summed E-state index contributed by atoms with van der Waals surface area (Å²) in [5.41, 5.74) is 1.68. The molecule has 3 rings (SSSR count). The van der Waals surface area contributed by atoms with Crippen LogP contribution in [0.15, 0.2) is 53.0 Å². The maximum Gasteiger partial charge on any atom is 0.224 e. The fraction of sp³-hybridized carbons (Fsp3) is 0.0625. The number of rotatable bonds is 3. The number of para-hydroxylation sites is 1. The maximum atomic E-state index is 6.15. The minimum absolute atomic E-state index is 0.318. The quantitative estimate of drug-likeness (QED) is 0.504. The van der Waals surface area contributed by atoms with Crippen LogP contribution >= 0.6 is 39.1 Å². The van der Waals surface area contributed by atoms with E-state index in [9.17, 15) is 0 Å².